The lowest BCUT2D eigenvalue weighted by Crippen LogP contribution is -2.03. The van der Waals surface area contributed by atoms with Gasteiger partial charge in [0.15, 0.2) is 0 Å². The minimum Gasteiger partial charge on any atom is -0.420 e. The summed E-state index contributed by atoms with van der Waals surface area (Å²) < 4.78 is 5.62. The Kier molecular flexibility index (Phi) is 4.99. The molecule has 0 amide bonds. The summed E-state index contributed by atoms with van der Waals surface area (Å²) in [4.78, 5) is 0. The molecule has 0 fully saturated rings. The zero-order valence-electron chi connectivity index (χ0n) is 11.2. The predicted molar refractivity (Wildman–Crippen MR) is 76.9 cm³/mol. The third kappa shape index (κ3) is 4.08. The van der Waals surface area contributed by atoms with E-state index in [0.29, 0.717) is 23.5 Å². The van der Waals surface area contributed by atoms with E-state index in [4.69, 9.17) is 9.52 Å². The summed E-state index contributed by atoms with van der Waals surface area (Å²) >= 11 is 1.69. The molecule has 2 rings (SSSR count). The van der Waals surface area contributed by atoms with Crippen LogP contribution in [0.2, 0.25) is 0 Å². The maximum atomic E-state index is 8.94. The van der Waals surface area contributed by atoms with Gasteiger partial charge in [0.1, 0.15) is 0 Å². The number of hydrogen-bond acceptors (Lipinski definition) is 5. The number of thioether (sulfide) groups is 1. The van der Waals surface area contributed by atoms with Crippen molar-refractivity contribution in [2.75, 3.05) is 12.4 Å². The number of aliphatic hydroxyl groups excluding tert-OH is 1. The Bertz CT molecular complexity index is 510. The first kappa shape index (κ1) is 14.1. The van der Waals surface area contributed by atoms with Gasteiger partial charge in [0.25, 0.3) is 0 Å². The molecule has 0 saturated carbocycles. The topological polar surface area (TPSA) is 59.2 Å². The molecule has 0 aliphatic rings. The summed E-state index contributed by atoms with van der Waals surface area (Å²) in [6, 6.07) is 8.01. The summed E-state index contributed by atoms with van der Waals surface area (Å²) in [5.41, 5.74) is 2.15. The lowest BCUT2D eigenvalue weighted by molar-refractivity contribution is 0.250. The van der Waals surface area contributed by atoms with Gasteiger partial charge >= 0.3 is 0 Å². The van der Waals surface area contributed by atoms with Crippen LogP contribution in [-0.4, -0.2) is 27.7 Å². The Morgan fingerprint density at radius 3 is 2.68 bits per heavy atom. The van der Waals surface area contributed by atoms with E-state index in [2.05, 4.69) is 10.2 Å². The monoisotopic (exact) mass is 278 g/mol. The van der Waals surface area contributed by atoms with Gasteiger partial charge in [-0.1, -0.05) is 24.6 Å². The third-order valence-electron chi connectivity index (χ3n) is 2.70. The normalized spacial score (nSPS) is 12.6. The Morgan fingerprint density at radius 1 is 1.26 bits per heavy atom. The molecular weight excluding hydrogens is 260 g/mol. The van der Waals surface area contributed by atoms with Crippen LogP contribution >= 0.6 is 11.8 Å². The molecule has 0 spiro atoms. The van der Waals surface area contributed by atoms with E-state index < -0.39 is 0 Å². The molecule has 1 N–H and O–H groups in total. The molecule has 1 heterocycles. The van der Waals surface area contributed by atoms with E-state index in [9.17, 15) is 0 Å². The van der Waals surface area contributed by atoms with Gasteiger partial charge in [0, 0.05) is 12.2 Å². The molecule has 1 aromatic heterocycles. The lowest BCUT2D eigenvalue weighted by atomic mass is 10.1. The second kappa shape index (κ2) is 6.73. The highest BCUT2D eigenvalue weighted by Gasteiger charge is 2.09. The molecule has 102 valence electrons. The van der Waals surface area contributed by atoms with Crippen LogP contribution in [-0.2, 0) is 5.75 Å². The average Bonchev–Trinajstić information content (AvgIpc) is 2.88. The van der Waals surface area contributed by atoms with Gasteiger partial charge in [-0.3, -0.25) is 0 Å². The molecule has 1 atom stereocenters. The minimum atomic E-state index is 0.214. The molecule has 0 saturated heterocycles. The largest absolute Gasteiger partial charge is 0.420 e. The highest BCUT2D eigenvalue weighted by Crippen LogP contribution is 2.21. The van der Waals surface area contributed by atoms with E-state index in [1.807, 2.05) is 38.1 Å². The van der Waals surface area contributed by atoms with E-state index in [1.165, 1.54) is 5.56 Å². The van der Waals surface area contributed by atoms with Crippen molar-refractivity contribution in [1.29, 1.82) is 0 Å². The van der Waals surface area contributed by atoms with Crippen LogP contribution in [0.15, 0.2) is 28.7 Å². The summed E-state index contributed by atoms with van der Waals surface area (Å²) in [5, 5.41) is 17.0. The van der Waals surface area contributed by atoms with Crippen molar-refractivity contribution in [3.05, 3.63) is 35.7 Å². The molecule has 1 aromatic carbocycles. The fraction of sp³-hybridized carbons (Fsp3) is 0.429. The first-order valence-electron chi connectivity index (χ1n) is 6.27. The van der Waals surface area contributed by atoms with Crippen LogP contribution in [0.4, 0.5) is 0 Å². The number of aryl methyl sites for hydroxylation is 1. The van der Waals surface area contributed by atoms with E-state index in [-0.39, 0.29) is 6.61 Å². The smallest absolute Gasteiger partial charge is 0.247 e. The Hall–Kier alpha value is -1.33. The van der Waals surface area contributed by atoms with Crippen molar-refractivity contribution < 1.29 is 9.52 Å². The van der Waals surface area contributed by atoms with E-state index >= 15 is 0 Å². The van der Waals surface area contributed by atoms with Crippen molar-refractivity contribution >= 4 is 11.8 Å². The first-order chi connectivity index (χ1) is 9.19. The molecule has 1 unspecified atom stereocenters. The molecule has 5 heteroatoms. The zero-order chi connectivity index (χ0) is 13.7. The Balaban J connectivity index is 1.93. The highest BCUT2D eigenvalue weighted by molar-refractivity contribution is 7.98. The van der Waals surface area contributed by atoms with Crippen LogP contribution in [0.3, 0.4) is 0 Å². The number of aromatic nitrogens is 2. The fourth-order valence-corrected chi connectivity index (χ4v) is 2.44. The van der Waals surface area contributed by atoms with Crippen molar-refractivity contribution in [3.63, 3.8) is 0 Å². The van der Waals surface area contributed by atoms with Gasteiger partial charge in [-0.2, -0.15) is 11.8 Å². The molecule has 0 aliphatic carbocycles. The Labute approximate surface area is 117 Å². The number of aliphatic hydroxyl groups is 1. The second-order valence-electron chi connectivity index (χ2n) is 4.67. The minimum absolute atomic E-state index is 0.214. The molecule has 19 heavy (non-hydrogen) atoms. The van der Waals surface area contributed by atoms with Crippen LogP contribution in [0, 0.1) is 12.8 Å². The van der Waals surface area contributed by atoms with Crippen molar-refractivity contribution in [2.24, 2.45) is 5.92 Å². The molecule has 0 bridgehead atoms. The van der Waals surface area contributed by atoms with Crippen molar-refractivity contribution in [1.82, 2.24) is 10.2 Å². The van der Waals surface area contributed by atoms with Crippen LogP contribution in [0.25, 0.3) is 11.5 Å². The molecule has 2 aromatic rings. The van der Waals surface area contributed by atoms with Crippen LogP contribution < -0.4 is 0 Å². The summed E-state index contributed by atoms with van der Waals surface area (Å²) in [6.07, 6.45) is 0. The maximum Gasteiger partial charge on any atom is 0.247 e. The lowest BCUT2D eigenvalue weighted by Gasteiger charge is -2.04. The fourth-order valence-electron chi connectivity index (χ4n) is 1.52. The standard InChI is InChI=1S/C14H18N2O2S/c1-10-3-5-12(6-4-10)14-16-15-13(18-14)9-19-8-11(2)7-17/h3-6,11,17H,7-9H2,1-2H3. The number of nitrogens with zero attached hydrogens (tertiary/aromatic N) is 2. The highest BCUT2D eigenvalue weighted by atomic mass is 32.2. The molecule has 4 nitrogen and oxygen atoms in total. The van der Waals surface area contributed by atoms with Gasteiger partial charge in [-0.05, 0) is 30.7 Å². The SMILES string of the molecule is Cc1ccc(-c2nnc(CSCC(C)CO)o2)cc1. The quantitative estimate of drug-likeness (QED) is 0.880. The molecule has 0 radical (unpaired) electrons. The van der Waals surface area contributed by atoms with Crippen LogP contribution in [0.5, 0.6) is 0 Å². The molecular formula is C14H18N2O2S. The summed E-state index contributed by atoms with van der Waals surface area (Å²) in [5.74, 6) is 3.06. The van der Waals surface area contributed by atoms with Gasteiger partial charge in [-0.15, -0.1) is 10.2 Å². The van der Waals surface area contributed by atoms with E-state index in [1.54, 1.807) is 11.8 Å². The van der Waals surface area contributed by atoms with Crippen molar-refractivity contribution in [3.8, 4) is 11.5 Å². The summed E-state index contributed by atoms with van der Waals surface area (Å²) in [6.45, 7) is 4.27. The zero-order valence-corrected chi connectivity index (χ0v) is 12.0. The predicted octanol–water partition coefficient (Wildman–Crippen LogP) is 2.91. The molecule has 0 aliphatic heterocycles. The number of rotatable bonds is 6. The van der Waals surface area contributed by atoms with E-state index in [0.717, 1.165) is 11.3 Å². The van der Waals surface area contributed by atoms with Gasteiger partial charge in [0.2, 0.25) is 11.8 Å². The van der Waals surface area contributed by atoms with Crippen molar-refractivity contribution in [2.45, 2.75) is 19.6 Å². The second-order valence-corrected chi connectivity index (χ2v) is 5.70. The first-order valence-corrected chi connectivity index (χ1v) is 7.42. The van der Waals surface area contributed by atoms with Gasteiger partial charge < -0.3 is 9.52 Å². The van der Waals surface area contributed by atoms with Gasteiger partial charge in [-0.25, -0.2) is 0 Å². The third-order valence-corrected chi connectivity index (χ3v) is 3.96. The average molecular weight is 278 g/mol. The Morgan fingerprint density at radius 2 is 2.00 bits per heavy atom. The number of hydrogen-bond donors (Lipinski definition) is 1. The maximum absolute atomic E-state index is 8.94. The number of benzene rings is 1. The van der Waals surface area contributed by atoms with Crippen LogP contribution in [0.1, 0.15) is 18.4 Å². The summed E-state index contributed by atoms with van der Waals surface area (Å²) in [7, 11) is 0. The van der Waals surface area contributed by atoms with Gasteiger partial charge in [0.05, 0.1) is 5.75 Å².